The molecule has 21 heavy (non-hydrogen) atoms. The van der Waals surface area contributed by atoms with E-state index >= 15 is 0 Å². The fraction of sp³-hybridized carbons (Fsp3) is 0.267. The first-order valence-corrected chi connectivity index (χ1v) is 6.76. The van der Waals surface area contributed by atoms with Gasteiger partial charge in [-0.3, -0.25) is 4.40 Å². The summed E-state index contributed by atoms with van der Waals surface area (Å²) in [6.45, 7) is 2.87. The molecule has 0 aliphatic heterocycles. The normalized spacial score (nSPS) is 11.4. The van der Waals surface area contributed by atoms with Gasteiger partial charge in [-0.15, -0.1) is 0 Å². The molecule has 2 N–H and O–H groups in total. The van der Waals surface area contributed by atoms with Crippen molar-refractivity contribution in [1.29, 1.82) is 0 Å². The van der Waals surface area contributed by atoms with Gasteiger partial charge in [0.2, 0.25) is 5.95 Å². The first-order valence-electron chi connectivity index (χ1n) is 6.76. The van der Waals surface area contributed by atoms with Gasteiger partial charge in [0.1, 0.15) is 5.65 Å². The van der Waals surface area contributed by atoms with Gasteiger partial charge in [-0.05, 0) is 44.8 Å². The van der Waals surface area contributed by atoms with Gasteiger partial charge in [-0.25, -0.2) is 15.0 Å². The largest absolute Gasteiger partial charge is 0.368 e. The van der Waals surface area contributed by atoms with Crippen LogP contribution in [0.25, 0.3) is 17.0 Å². The van der Waals surface area contributed by atoms with Gasteiger partial charge < -0.3 is 10.6 Å². The molecule has 3 heterocycles. The Morgan fingerprint density at radius 3 is 2.76 bits per heavy atom. The molecule has 6 nitrogen and oxygen atoms in total. The monoisotopic (exact) mass is 282 g/mol. The Morgan fingerprint density at radius 2 is 2.05 bits per heavy atom. The molecular weight excluding hydrogens is 264 g/mol. The predicted octanol–water partition coefficient (Wildman–Crippen LogP) is 1.74. The smallest absolute Gasteiger partial charge is 0.220 e. The second-order valence-corrected chi connectivity index (χ2v) is 5.35. The molecule has 3 aromatic heterocycles. The molecular formula is C15H18N6. The summed E-state index contributed by atoms with van der Waals surface area (Å²) in [7, 11) is 4.10. The van der Waals surface area contributed by atoms with E-state index in [4.69, 9.17) is 5.73 Å². The zero-order valence-electron chi connectivity index (χ0n) is 12.4. The Morgan fingerprint density at radius 1 is 1.24 bits per heavy atom. The molecule has 0 saturated carbocycles. The van der Waals surface area contributed by atoms with E-state index in [1.807, 2.05) is 23.6 Å². The van der Waals surface area contributed by atoms with Crippen LogP contribution in [0.3, 0.4) is 0 Å². The van der Waals surface area contributed by atoms with Crippen molar-refractivity contribution in [2.24, 2.45) is 0 Å². The van der Waals surface area contributed by atoms with Gasteiger partial charge >= 0.3 is 0 Å². The molecule has 0 saturated heterocycles. The average Bonchev–Trinajstić information content (AvgIpc) is 2.73. The van der Waals surface area contributed by atoms with Crippen LogP contribution in [0.15, 0.2) is 30.6 Å². The summed E-state index contributed by atoms with van der Waals surface area (Å²) in [4.78, 5) is 15.0. The van der Waals surface area contributed by atoms with E-state index in [9.17, 15) is 0 Å². The Kier molecular flexibility index (Phi) is 3.31. The van der Waals surface area contributed by atoms with Gasteiger partial charge in [0, 0.05) is 18.9 Å². The average molecular weight is 282 g/mol. The summed E-state index contributed by atoms with van der Waals surface area (Å²) in [5.41, 5.74) is 10.5. The summed E-state index contributed by atoms with van der Waals surface area (Å²) in [6.07, 6.45) is 3.69. The van der Waals surface area contributed by atoms with Crippen LogP contribution in [-0.4, -0.2) is 38.3 Å². The number of aromatic nitrogens is 4. The summed E-state index contributed by atoms with van der Waals surface area (Å²) in [6, 6.07) is 6.05. The fourth-order valence-electron chi connectivity index (χ4n) is 2.48. The maximum absolute atomic E-state index is 5.68. The number of rotatable bonds is 3. The molecule has 0 fully saturated rings. The van der Waals surface area contributed by atoms with Crippen molar-refractivity contribution in [2.45, 2.75) is 13.5 Å². The van der Waals surface area contributed by atoms with E-state index in [2.05, 4.69) is 46.1 Å². The summed E-state index contributed by atoms with van der Waals surface area (Å²) in [5.74, 6) is 0.270. The van der Waals surface area contributed by atoms with E-state index in [1.54, 1.807) is 6.20 Å². The van der Waals surface area contributed by atoms with Crippen LogP contribution in [0.2, 0.25) is 0 Å². The lowest BCUT2D eigenvalue weighted by Crippen LogP contribution is -2.10. The summed E-state index contributed by atoms with van der Waals surface area (Å²) in [5, 5.41) is 0. The highest BCUT2D eigenvalue weighted by Gasteiger charge is 2.13. The van der Waals surface area contributed by atoms with Crippen molar-refractivity contribution in [3.63, 3.8) is 0 Å². The van der Waals surface area contributed by atoms with Crippen molar-refractivity contribution in [1.82, 2.24) is 24.3 Å². The molecule has 0 atom stereocenters. The second kappa shape index (κ2) is 5.14. The Labute approximate surface area is 123 Å². The number of pyridine rings is 1. The number of imidazole rings is 1. The topological polar surface area (TPSA) is 72.3 Å². The van der Waals surface area contributed by atoms with Crippen molar-refractivity contribution in [3.8, 4) is 11.4 Å². The number of hydrogen-bond donors (Lipinski definition) is 1. The third kappa shape index (κ3) is 2.57. The molecule has 108 valence electrons. The zero-order chi connectivity index (χ0) is 15.0. The minimum absolute atomic E-state index is 0.270. The molecule has 0 spiro atoms. The van der Waals surface area contributed by atoms with Gasteiger partial charge in [0.15, 0.2) is 0 Å². The van der Waals surface area contributed by atoms with E-state index in [-0.39, 0.29) is 5.95 Å². The molecule has 0 aromatic carbocycles. The van der Waals surface area contributed by atoms with E-state index < -0.39 is 0 Å². The third-order valence-electron chi connectivity index (χ3n) is 3.28. The van der Waals surface area contributed by atoms with E-state index in [0.717, 1.165) is 29.3 Å². The Hall–Kier alpha value is -2.47. The van der Waals surface area contributed by atoms with Crippen molar-refractivity contribution < 1.29 is 0 Å². The maximum atomic E-state index is 5.68. The number of hydrogen-bond acceptors (Lipinski definition) is 5. The highest BCUT2D eigenvalue weighted by atomic mass is 15.1. The van der Waals surface area contributed by atoms with Gasteiger partial charge in [0.25, 0.3) is 0 Å². The predicted molar refractivity (Wildman–Crippen MR) is 82.8 cm³/mol. The molecule has 0 aliphatic carbocycles. The number of anilines is 1. The molecule has 0 bridgehead atoms. The minimum atomic E-state index is 0.270. The Bertz CT molecular complexity index is 790. The van der Waals surface area contributed by atoms with Crippen LogP contribution in [0.1, 0.15) is 11.3 Å². The quantitative estimate of drug-likeness (QED) is 0.792. The molecule has 0 radical (unpaired) electrons. The lowest BCUT2D eigenvalue weighted by Gasteiger charge is -2.10. The standard InChI is InChI=1S/C15H18N6/c1-10-14(12-4-6-17-15(16)19-12)21-7-5-11(9-20(2)3)8-13(21)18-10/h4-8H,9H2,1-3H3,(H2,16,17,19). The van der Waals surface area contributed by atoms with Crippen molar-refractivity contribution in [3.05, 3.63) is 41.9 Å². The van der Waals surface area contributed by atoms with Crippen LogP contribution in [0, 0.1) is 6.92 Å². The Balaban J connectivity index is 2.14. The lowest BCUT2D eigenvalue weighted by atomic mass is 10.2. The number of nitrogens with zero attached hydrogens (tertiary/aromatic N) is 5. The first kappa shape index (κ1) is 13.5. The zero-order valence-corrected chi connectivity index (χ0v) is 12.4. The van der Waals surface area contributed by atoms with E-state index in [1.165, 1.54) is 5.56 Å². The third-order valence-corrected chi connectivity index (χ3v) is 3.28. The molecule has 3 aromatic rings. The van der Waals surface area contributed by atoms with Crippen LogP contribution < -0.4 is 5.73 Å². The van der Waals surface area contributed by atoms with Crippen molar-refractivity contribution in [2.75, 3.05) is 19.8 Å². The second-order valence-electron chi connectivity index (χ2n) is 5.35. The lowest BCUT2D eigenvalue weighted by molar-refractivity contribution is 0.402. The van der Waals surface area contributed by atoms with Crippen LogP contribution >= 0.6 is 0 Å². The number of nitrogens with two attached hydrogens (primary N) is 1. The number of fused-ring (bicyclic) bond motifs is 1. The highest BCUT2D eigenvalue weighted by molar-refractivity contribution is 5.64. The molecule has 6 heteroatoms. The van der Waals surface area contributed by atoms with Crippen molar-refractivity contribution >= 4 is 11.6 Å². The van der Waals surface area contributed by atoms with Gasteiger partial charge in [-0.2, -0.15) is 0 Å². The van der Waals surface area contributed by atoms with E-state index in [0.29, 0.717) is 0 Å². The maximum Gasteiger partial charge on any atom is 0.220 e. The molecule has 0 unspecified atom stereocenters. The highest BCUT2D eigenvalue weighted by Crippen LogP contribution is 2.23. The fourth-order valence-corrected chi connectivity index (χ4v) is 2.48. The van der Waals surface area contributed by atoms with Crippen LogP contribution in [-0.2, 0) is 6.54 Å². The number of aryl methyl sites for hydroxylation is 1. The van der Waals surface area contributed by atoms with Crippen LogP contribution in [0.5, 0.6) is 0 Å². The first-order chi connectivity index (χ1) is 10.0. The summed E-state index contributed by atoms with van der Waals surface area (Å²) >= 11 is 0. The molecule has 3 rings (SSSR count). The summed E-state index contributed by atoms with van der Waals surface area (Å²) < 4.78 is 2.04. The van der Waals surface area contributed by atoms with Gasteiger partial charge in [-0.1, -0.05) is 0 Å². The number of nitrogen functional groups attached to an aromatic ring is 1. The van der Waals surface area contributed by atoms with Crippen LogP contribution in [0.4, 0.5) is 5.95 Å². The minimum Gasteiger partial charge on any atom is -0.368 e. The van der Waals surface area contributed by atoms with Gasteiger partial charge in [0.05, 0.1) is 17.1 Å². The SMILES string of the molecule is Cc1nc2cc(CN(C)C)ccn2c1-c1ccnc(N)n1. The molecule has 0 amide bonds. The molecule has 0 aliphatic rings.